The summed E-state index contributed by atoms with van der Waals surface area (Å²) in [4.78, 5) is 32.0. The van der Waals surface area contributed by atoms with E-state index in [1.807, 2.05) is 0 Å². The summed E-state index contributed by atoms with van der Waals surface area (Å²) in [5.41, 5.74) is -0.905. The van der Waals surface area contributed by atoms with Crippen LogP contribution in [0.25, 0.3) is 0 Å². The van der Waals surface area contributed by atoms with Crippen LogP contribution in [0.1, 0.15) is 31.1 Å². The lowest BCUT2D eigenvalue weighted by atomic mass is 10.0. The van der Waals surface area contributed by atoms with Crippen LogP contribution in [0.3, 0.4) is 0 Å². The summed E-state index contributed by atoms with van der Waals surface area (Å²) in [5.74, 6) is -2.80. The van der Waals surface area contributed by atoms with Gasteiger partial charge in [0.1, 0.15) is 0 Å². The standard InChI is InChI=1S/C9H5ClO5/c10-7(11)4-1-2-5(8(12)13)6(3-4)9(14)15/h1-3H,(H,12,13)(H,14,15). The first-order valence-electron chi connectivity index (χ1n) is 3.74. The monoisotopic (exact) mass is 228 g/mol. The van der Waals surface area contributed by atoms with Crippen LogP contribution < -0.4 is 0 Å². The molecule has 1 aromatic rings. The highest BCUT2D eigenvalue weighted by Crippen LogP contribution is 2.14. The van der Waals surface area contributed by atoms with Gasteiger partial charge in [0.2, 0.25) is 0 Å². The van der Waals surface area contributed by atoms with Crippen LogP contribution in [0.5, 0.6) is 0 Å². The molecule has 1 rings (SSSR count). The molecule has 0 amide bonds. The van der Waals surface area contributed by atoms with Crippen LogP contribution in [-0.2, 0) is 0 Å². The molecule has 6 heteroatoms. The summed E-state index contributed by atoms with van der Waals surface area (Å²) in [6.45, 7) is 0. The lowest BCUT2D eigenvalue weighted by Crippen LogP contribution is -2.09. The summed E-state index contributed by atoms with van der Waals surface area (Å²) in [6, 6.07) is 3.12. The molecule has 15 heavy (non-hydrogen) atoms. The average molecular weight is 229 g/mol. The molecule has 0 aliphatic rings. The van der Waals surface area contributed by atoms with Gasteiger partial charge in [-0.3, -0.25) is 4.79 Å². The van der Waals surface area contributed by atoms with Gasteiger partial charge >= 0.3 is 11.9 Å². The Bertz CT molecular complexity index is 452. The fourth-order valence-electron chi connectivity index (χ4n) is 1.03. The summed E-state index contributed by atoms with van der Waals surface area (Å²) >= 11 is 5.13. The van der Waals surface area contributed by atoms with Crippen LogP contribution in [0.4, 0.5) is 0 Å². The predicted octanol–water partition coefficient (Wildman–Crippen LogP) is 1.46. The molecule has 0 saturated carbocycles. The Hall–Kier alpha value is -1.88. The normalized spacial score (nSPS) is 9.67. The van der Waals surface area contributed by atoms with Crippen molar-refractivity contribution in [1.29, 1.82) is 0 Å². The van der Waals surface area contributed by atoms with E-state index < -0.39 is 22.7 Å². The Morgan fingerprint density at radius 2 is 1.53 bits per heavy atom. The van der Waals surface area contributed by atoms with Crippen molar-refractivity contribution in [3.05, 3.63) is 34.9 Å². The third kappa shape index (κ3) is 2.32. The summed E-state index contributed by atoms with van der Waals surface area (Å²) in [6.07, 6.45) is 0. The minimum absolute atomic E-state index is 0.0564. The van der Waals surface area contributed by atoms with Crippen molar-refractivity contribution in [1.82, 2.24) is 0 Å². The first-order valence-corrected chi connectivity index (χ1v) is 4.11. The van der Waals surface area contributed by atoms with Gasteiger partial charge < -0.3 is 10.2 Å². The molecule has 0 bridgehead atoms. The third-order valence-corrected chi connectivity index (χ3v) is 1.93. The van der Waals surface area contributed by atoms with E-state index in [9.17, 15) is 14.4 Å². The molecule has 0 fully saturated rings. The molecule has 5 nitrogen and oxygen atoms in total. The number of carbonyl (C=O) groups is 3. The number of hydrogen-bond donors (Lipinski definition) is 2. The van der Waals surface area contributed by atoms with Crippen LogP contribution in [-0.4, -0.2) is 27.4 Å². The first-order chi connectivity index (χ1) is 6.93. The number of carboxylic acids is 2. The molecule has 78 valence electrons. The van der Waals surface area contributed by atoms with Crippen LogP contribution in [0, 0.1) is 0 Å². The summed E-state index contributed by atoms with van der Waals surface area (Å²) < 4.78 is 0. The Morgan fingerprint density at radius 3 is 1.93 bits per heavy atom. The molecular formula is C9H5ClO5. The maximum absolute atomic E-state index is 10.7. The van der Waals surface area contributed by atoms with Crippen molar-refractivity contribution in [3.8, 4) is 0 Å². The maximum Gasteiger partial charge on any atom is 0.336 e. The van der Waals surface area contributed by atoms with E-state index in [0.717, 1.165) is 18.2 Å². The molecule has 2 N–H and O–H groups in total. The highest BCUT2D eigenvalue weighted by molar-refractivity contribution is 6.67. The quantitative estimate of drug-likeness (QED) is 0.764. The van der Waals surface area contributed by atoms with E-state index in [4.69, 9.17) is 21.8 Å². The van der Waals surface area contributed by atoms with Crippen molar-refractivity contribution in [3.63, 3.8) is 0 Å². The van der Waals surface area contributed by atoms with Crippen LogP contribution in [0.15, 0.2) is 18.2 Å². The second-order valence-electron chi connectivity index (χ2n) is 2.64. The third-order valence-electron chi connectivity index (χ3n) is 1.71. The van der Waals surface area contributed by atoms with Gasteiger partial charge in [-0.25, -0.2) is 9.59 Å². The van der Waals surface area contributed by atoms with E-state index in [0.29, 0.717) is 0 Å². The van der Waals surface area contributed by atoms with Gasteiger partial charge in [-0.2, -0.15) is 0 Å². The lowest BCUT2D eigenvalue weighted by molar-refractivity contribution is 0.0651. The molecule has 0 spiro atoms. The number of halogens is 1. The zero-order chi connectivity index (χ0) is 11.6. The molecule has 0 radical (unpaired) electrons. The van der Waals surface area contributed by atoms with Gasteiger partial charge in [0.05, 0.1) is 11.1 Å². The predicted molar refractivity (Wildman–Crippen MR) is 50.5 cm³/mol. The minimum atomic E-state index is -1.42. The smallest absolute Gasteiger partial charge is 0.336 e. The van der Waals surface area contributed by atoms with Crippen molar-refractivity contribution in [2.75, 3.05) is 0 Å². The van der Waals surface area contributed by atoms with E-state index in [-0.39, 0.29) is 11.1 Å². The molecule has 1 aromatic carbocycles. The van der Waals surface area contributed by atoms with Crippen molar-refractivity contribution >= 4 is 28.8 Å². The summed E-state index contributed by atoms with van der Waals surface area (Å²) in [7, 11) is 0. The van der Waals surface area contributed by atoms with E-state index >= 15 is 0 Å². The maximum atomic E-state index is 10.7. The van der Waals surface area contributed by atoms with E-state index in [2.05, 4.69) is 0 Å². The lowest BCUT2D eigenvalue weighted by Gasteiger charge is -2.02. The van der Waals surface area contributed by atoms with Gasteiger partial charge in [0, 0.05) is 5.56 Å². The largest absolute Gasteiger partial charge is 0.478 e. The fraction of sp³-hybridized carbons (Fsp3) is 0. The van der Waals surface area contributed by atoms with E-state index in [1.54, 1.807) is 0 Å². The van der Waals surface area contributed by atoms with Crippen molar-refractivity contribution in [2.45, 2.75) is 0 Å². The molecular weight excluding hydrogens is 224 g/mol. The van der Waals surface area contributed by atoms with Crippen molar-refractivity contribution < 1.29 is 24.6 Å². The SMILES string of the molecule is O=C(Cl)c1ccc(C(=O)O)c(C(=O)O)c1. The molecule has 0 atom stereocenters. The second-order valence-corrected chi connectivity index (χ2v) is 2.99. The van der Waals surface area contributed by atoms with Gasteiger partial charge in [0.15, 0.2) is 0 Å². The topological polar surface area (TPSA) is 91.7 Å². The summed E-state index contributed by atoms with van der Waals surface area (Å²) in [5, 5.41) is 16.5. The number of benzene rings is 1. The number of rotatable bonds is 3. The Kier molecular flexibility index (Phi) is 3.06. The molecule has 0 unspecified atom stereocenters. The minimum Gasteiger partial charge on any atom is -0.478 e. The van der Waals surface area contributed by atoms with Crippen molar-refractivity contribution in [2.24, 2.45) is 0 Å². The zero-order valence-electron chi connectivity index (χ0n) is 7.23. The van der Waals surface area contributed by atoms with Gasteiger partial charge in [-0.15, -0.1) is 0 Å². The first kappa shape index (κ1) is 11.2. The molecule has 0 heterocycles. The Balaban J connectivity index is 3.40. The molecule has 0 aliphatic heterocycles. The van der Waals surface area contributed by atoms with Gasteiger partial charge in [-0.1, -0.05) is 0 Å². The van der Waals surface area contributed by atoms with Gasteiger partial charge in [-0.05, 0) is 29.8 Å². The number of aromatic carboxylic acids is 2. The molecule has 0 aliphatic carbocycles. The second kappa shape index (κ2) is 4.10. The average Bonchev–Trinajstić information content (AvgIpc) is 2.16. The molecule has 0 saturated heterocycles. The van der Waals surface area contributed by atoms with E-state index in [1.165, 1.54) is 0 Å². The highest BCUT2D eigenvalue weighted by Gasteiger charge is 2.17. The van der Waals surface area contributed by atoms with Crippen LogP contribution >= 0.6 is 11.6 Å². The number of hydrogen-bond acceptors (Lipinski definition) is 3. The highest BCUT2D eigenvalue weighted by atomic mass is 35.5. The zero-order valence-corrected chi connectivity index (χ0v) is 7.99. The van der Waals surface area contributed by atoms with Gasteiger partial charge in [0.25, 0.3) is 5.24 Å². The Labute approximate surface area is 88.9 Å². The molecule has 0 aromatic heterocycles. The number of carboxylic acid groups (broad SMARTS) is 2. The Morgan fingerprint density at radius 1 is 1.00 bits per heavy atom. The fourth-order valence-corrected chi connectivity index (χ4v) is 1.15. The number of carbonyl (C=O) groups excluding carboxylic acids is 1. The van der Waals surface area contributed by atoms with Crippen LogP contribution in [0.2, 0.25) is 0 Å².